The standard InChI is InChI=1S/C19H24N2O3/c1-15-4-5-17(23-15)13-21-9-6-19(7-10-21)11-18(14-22-19)24-16-3-2-8-20-12-16/h2-5,8,12,18H,6-7,9-11,13-14H2,1H3/t18-/m0/s1. The molecule has 128 valence electrons. The van der Waals surface area contributed by atoms with Gasteiger partial charge in [-0.25, -0.2) is 0 Å². The van der Waals surface area contributed by atoms with Gasteiger partial charge in [0.2, 0.25) is 0 Å². The summed E-state index contributed by atoms with van der Waals surface area (Å²) in [6, 6.07) is 7.95. The maximum Gasteiger partial charge on any atom is 0.138 e. The Balaban J connectivity index is 1.29. The molecule has 2 fully saturated rings. The molecule has 2 aliphatic rings. The average Bonchev–Trinajstić information content (AvgIpc) is 3.18. The van der Waals surface area contributed by atoms with Crippen molar-refractivity contribution in [3.05, 3.63) is 48.2 Å². The van der Waals surface area contributed by atoms with Crippen LogP contribution < -0.4 is 4.74 Å². The molecule has 0 bridgehead atoms. The fourth-order valence-electron chi connectivity index (χ4n) is 3.75. The van der Waals surface area contributed by atoms with Crippen LogP contribution in [-0.2, 0) is 11.3 Å². The lowest BCUT2D eigenvalue weighted by atomic mass is 9.88. The zero-order valence-corrected chi connectivity index (χ0v) is 14.1. The number of piperidine rings is 1. The predicted molar refractivity (Wildman–Crippen MR) is 89.9 cm³/mol. The quantitative estimate of drug-likeness (QED) is 0.863. The number of hydrogen-bond donors (Lipinski definition) is 0. The van der Waals surface area contributed by atoms with E-state index >= 15 is 0 Å². The highest BCUT2D eigenvalue weighted by molar-refractivity contribution is 5.16. The molecule has 0 N–H and O–H groups in total. The van der Waals surface area contributed by atoms with Crippen molar-refractivity contribution in [1.82, 2.24) is 9.88 Å². The van der Waals surface area contributed by atoms with Crippen LogP contribution in [-0.4, -0.2) is 41.3 Å². The van der Waals surface area contributed by atoms with E-state index in [2.05, 4.69) is 16.0 Å². The third kappa shape index (κ3) is 3.47. The highest BCUT2D eigenvalue weighted by Gasteiger charge is 2.43. The summed E-state index contributed by atoms with van der Waals surface area (Å²) >= 11 is 0. The van der Waals surface area contributed by atoms with Crippen molar-refractivity contribution in [2.45, 2.75) is 44.4 Å². The second kappa shape index (κ2) is 6.57. The van der Waals surface area contributed by atoms with Crippen LogP contribution in [0.1, 0.15) is 30.8 Å². The van der Waals surface area contributed by atoms with E-state index in [9.17, 15) is 0 Å². The summed E-state index contributed by atoms with van der Waals surface area (Å²) in [7, 11) is 0. The second-order valence-corrected chi connectivity index (χ2v) is 6.92. The summed E-state index contributed by atoms with van der Waals surface area (Å²) in [5.74, 6) is 2.86. The number of nitrogens with zero attached hydrogens (tertiary/aromatic N) is 2. The van der Waals surface area contributed by atoms with E-state index in [0.717, 1.165) is 56.2 Å². The van der Waals surface area contributed by atoms with Gasteiger partial charge in [-0.05, 0) is 44.0 Å². The van der Waals surface area contributed by atoms with Gasteiger partial charge in [-0.2, -0.15) is 0 Å². The number of aromatic nitrogens is 1. The number of furan rings is 1. The number of likely N-dealkylation sites (tertiary alicyclic amines) is 1. The molecule has 0 aliphatic carbocycles. The first-order valence-corrected chi connectivity index (χ1v) is 8.69. The molecule has 0 unspecified atom stereocenters. The molecule has 0 aromatic carbocycles. The van der Waals surface area contributed by atoms with Crippen LogP contribution in [0.5, 0.6) is 5.75 Å². The van der Waals surface area contributed by atoms with Crippen molar-refractivity contribution in [1.29, 1.82) is 0 Å². The molecular formula is C19H24N2O3. The predicted octanol–water partition coefficient (Wildman–Crippen LogP) is 3.19. The normalized spacial score (nSPS) is 23.6. The molecule has 2 aromatic rings. The van der Waals surface area contributed by atoms with Gasteiger partial charge in [0.1, 0.15) is 23.4 Å². The minimum absolute atomic E-state index is 0.0115. The molecule has 2 aromatic heterocycles. The van der Waals surface area contributed by atoms with E-state index in [-0.39, 0.29) is 11.7 Å². The topological polar surface area (TPSA) is 47.7 Å². The average molecular weight is 328 g/mol. The highest BCUT2D eigenvalue weighted by Crippen LogP contribution is 2.37. The summed E-state index contributed by atoms with van der Waals surface area (Å²) in [6.07, 6.45) is 6.73. The highest BCUT2D eigenvalue weighted by atomic mass is 16.6. The zero-order valence-electron chi connectivity index (χ0n) is 14.1. The number of rotatable bonds is 4. The molecule has 4 rings (SSSR count). The fraction of sp³-hybridized carbons (Fsp3) is 0.526. The third-order valence-corrected chi connectivity index (χ3v) is 5.05. The third-order valence-electron chi connectivity index (χ3n) is 5.05. The van der Waals surface area contributed by atoms with Crippen LogP contribution >= 0.6 is 0 Å². The Kier molecular flexibility index (Phi) is 4.29. The lowest BCUT2D eigenvalue weighted by molar-refractivity contribution is -0.0463. The van der Waals surface area contributed by atoms with Crippen LogP contribution in [0.15, 0.2) is 41.1 Å². The molecule has 2 aliphatic heterocycles. The molecule has 0 amide bonds. The first-order chi connectivity index (χ1) is 11.7. The van der Waals surface area contributed by atoms with Crippen LogP contribution in [0.4, 0.5) is 0 Å². The molecule has 1 spiro atoms. The van der Waals surface area contributed by atoms with Gasteiger partial charge >= 0.3 is 0 Å². The van der Waals surface area contributed by atoms with Gasteiger partial charge in [-0.1, -0.05) is 0 Å². The Morgan fingerprint density at radius 1 is 1.29 bits per heavy atom. The molecule has 5 heteroatoms. The zero-order chi connectivity index (χ0) is 16.4. The smallest absolute Gasteiger partial charge is 0.138 e. The molecule has 0 radical (unpaired) electrons. The van der Waals surface area contributed by atoms with Crippen molar-refractivity contribution in [3.8, 4) is 5.75 Å². The van der Waals surface area contributed by atoms with E-state index in [1.54, 1.807) is 12.4 Å². The minimum atomic E-state index is -0.0115. The van der Waals surface area contributed by atoms with Crippen molar-refractivity contribution >= 4 is 0 Å². The van der Waals surface area contributed by atoms with Gasteiger partial charge in [0.05, 0.1) is 24.9 Å². The van der Waals surface area contributed by atoms with Crippen LogP contribution in [0, 0.1) is 6.92 Å². The van der Waals surface area contributed by atoms with Crippen LogP contribution in [0.2, 0.25) is 0 Å². The van der Waals surface area contributed by atoms with Crippen molar-refractivity contribution < 1.29 is 13.9 Å². The summed E-state index contributed by atoms with van der Waals surface area (Å²) in [5.41, 5.74) is -0.0115. The van der Waals surface area contributed by atoms with E-state index in [1.165, 1.54) is 0 Å². The lowest BCUT2D eigenvalue weighted by Crippen LogP contribution is -2.44. The van der Waals surface area contributed by atoms with E-state index in [1.807, 2.05) is 25.1 Å². The summed E-state index contributed by atoms with van der Waals surface area (Å²) in [4.78, 5) is 6.55. The molecule has 24 heavy (non-hydrogen) atoms. The summed E-state index contributed by atoms with van der Waals surface area (Å²) < 4.78 is 17.9. The second-order valence-electron chi connectivity index (χ2n) is 6.92. The molecular weight excluding hydrogens is 304 g/mol. The van der Waals surface area contributed by atoms with Gasteiger partial charge in [0, 0.05) is 25.7 Å². The van der Waals surface area contributed by atoms with E-state index in [0.29, 0.717) is 6.61 Å². The van der Waals surface area contributed by atoms with Gasteiger partial charge in [0.15, 0.2) is 0 Å². The Labute approximate surface area is 142 Å². The number of ether oxygens (including phenoxy) is 2. The van der Waals surface area contributed by atoms with Crippen molar-refractivity contribution in [3.63, 3.8) is 0 Å². The largest absolute Gasteiger partial charge is 0.486 e. The van der Waals surface area contributed by atoms with E-state index < -0.39 is 0 Å². The minimum Gasteiger partial charge on any atom is -0.486 e. The monoisotopic (exact) mass is 328 g/mol. The van der Waals surface area contributed by atoms with Crippen LogP contribution in [0.25, 0.3) is 0 Å². The lowest BCUT2D eigenvalue weighted by Gasteiger charge is -2.38. The SMILES string of the molecule is Cc1ccc(CN2CCC3(CC2)C[C@H](Oc2cccnc2)CO3)o1. The molecule has 1 atom stereocenters. The van der Waals surface area contributed by atoms with Crippen molar-refractivity contribution in [2.75, 3.05) is 19.7 Å². The van der Waals surface area contributed by atoms with E-state index in [4.69, 9.17) is 13.9 Å². The Bertz CT molecular complexity index is 662. The first kappa shape index (κ1) is 15.7. The van der Waals surface area contributed by atoms with Gasteiger partial charge in [0.25, 0.3) is 0 Å². The van der Waals surface area contributed by atoms with Gasteiger partial charge < -0.3 is 13.9 Å². The molecule has 0 saturated carbocycles. The summed E-state index contributed by atoms with van der Waals surface area (Å²) in [5, 5.41) is 0. The summed E-state index contributed by atoms with van der Waals surface area (Å²) in [6.45, 7) is 5.63. The Hall–Kier alpha value is -1.85. The number of pyridine rings is 1. The number of hydrogen-bond acceptors (Lipinski definition) is 5. The first-order valence-electron chi connectivity index (χ1n) is 8.69. The van der Waals surface area contributed by atoms with Crippen molar-refractivity contribution in [2.24, 2.45) is 0 Å². The molecule has 4 heterocycles. The van der Waals surface area contributed by atoms with Gasteiger partial charge in [-0.3, -0.25) is 9.88 Å². The maximum atomic E-state index is 6.17. The maximum absolute atomic E-state index is 6.17. The Morgan fingerprint density at radius 2 is 2.17 bits per heavy atom. The molecule has 5 nitrogen and oxygen atoms in total. The van der Waals surface area contributed by atoms with Gasteiger partial charge in [-0.15, -0.1) is 0 Å². The fourth-order valence-corrected chi connectivity index (χ4v) is 3.75. The van der Waals surface area contributed by atoms with Crippen LogP contribution in [0.3, 0.4) is 0 Å². The molecule has 2 saturated heterocycles. The Morgan fingerprint density at radius 3 is 2.88 bits per heavy atom. The number of aryl methyl sites for hydroxylation is 1.